The lowest BCUT2D eigenvalue weighted by molar-refractivity contribution is -0.117. The van der Waals surface area contributed by atoms with Gasteiger partial charge in [0.2, 0.25) is 5.91 Å². The van der Waals surface area contributed by atoms with Crippen molar-refractivity contribution in [2.45, 2.75) is 13.3 Å². The number of benzene rings is 2. The number of rotatable bonds is 6. The van der Waals surface area contributed by atoms with E-state index in [1.54, 1.807) is 49.6 Å². The van der Waals surface area contributed by atoms with Gasteiger partial charge in [0.1, 0.15) is 11.5 Å². The van der Waals surface area contributed by atoms with E-state index < -0.39 is 0 Å². The number of hydrogen-bond acceptors (Lipinski definition) is 4. The molecule has 0 radical (unpaired) electrons. The normalized spacial score (nSPS) is 18.0. The van der Waals surface area contributed by atoms with Crippen LogP contribution in [0, 0.1) is 11.8 Å². The molecule has 2 aromatic carbocycles. The van der Waals surface area contributed by atoms with Gasteiger partial charge in [0, 0.05) is 23.2 Å². The van der Waals surface area contributed by atoms with Crippen molar-refractivity contribution in [2.24, 2.45) is 11.8 Å². The minimum atomic E-state index is -0.273. The molecule has 2 unspecified atom stereocenters. The summed E-state index contributed by atoms with van der Waals surface area (Å²) in [5.41, 5.74) is 1.69. The number of nitrogens with one attached hydrogen (secondary N) is 2. The largest absolute Gasteiger partial charge is 0.497 e. The first-order valence-electron chi connectivity index (χ1n) is 8.46. The fourth-order valence-electron chi connectivity index (χ4n) is 2.73. The molecule has 2 aromatic rings. The van der Waals surface area contributed by atoms with Crippen LogP contribution in [0.1, 0.15) is 23.7 Å². The van der Waals surface area contributed by atoms with Crippen molar-refractivity contribution in [1.82, 2.24) is 0 Å². The van der Waals surface area contributed by atoms with Crippen molar-refractivity contribution in [1.29, 1.82) is 0 Å². The topological polar surface area (TPSA) is 76.7 Å². The van der Waals surface area contributed by atoms with Gasteiger partial charge in [0.15, 0.2) is 0 Å². The predicted octanol–water partition coefficient (Wildman–Crippen LogP) is 3.55. The predicted molar refractivity (Wildman–Crippen MR) is 99.8 cm³/mol. The zero-order valence-corrected chi connectivity index (χ0v) is 15.0. The molecule has 3 rings (SSSR count). The molecule has 1 aliphatic carbocycles. The molecular weight excluding hydrogens is 332 g/mol. The maximum atomic E-state index is 12.5. The van der Waals surface area contributed by atoms with Crippen LogP contribution in [0.3, 0.4) is 0 Å². The highest BCUT2D eigenvalue weighted by atomic mass is 16.5. The Bertz CT molecular complexity index is 817. The number of ether oxygens (including phenoxy) is 2. The molecule has 0 saturated heterocycles. The highest BCUT2D eigenvalue weighted by Gasteiger charge is 2.39. The molecule has 1 saturated carbocycles. The number of methoxy groups -OCH3 is 2. The number of carbonyl (C=O) groups is 2. The Balaban J connectivity index is 1.67. The minimum absolute atomic E-state index is 0.0378. The summed E-state index contributed by atoms with van der Waals surface area (Å²) in [5, 5.41) is 5.69. The summed E-state index contributed by atoms with van der Waals surface area (Å²) in [7, 11) is 3.10. The number of anilines is 2. The van der Waals surface area contributed by atoms with E-state index >= 15 is 0 Å². The van der Waals surface area contributed by atoms with Gasteiger partial charge in [-0.2, -0.15) is 0 Å². The minimum Gasteiger partial charge on any atom is -0.497 e. The number of amides is 2. The standard InChI is InChI=1S/C20H22N2O4/c1-12-10-16(12)20(24)21-14-6-4-13(5-7-14)19(23)22-17-11-15(25-2)8-9-18(17)26-3/h4-9,11-12,16H,10H2,1-3H3,(H,21,24)(H,22,23). The van der Waals surface area contributed by atoms with Gasteiger partial charge >= 0.3 is 0 Å². The third-order valence-corrected chi connectivity index (χ3v) is 4.52. The van der Waals surface area contributed by atoms with Gasteiger partial charge in [0.25, 0.3) is 5.91 Å². The first kappa shape index (κ1) is 17.8. The maximum Gasteiger partial charge on any atom is 0.255 e. The summed E-state index contributed by atoms with van der Waals surface area (Å²) in [6.45, 7) is 2.06. The number of hydrogen-bond donors (Lipinski definition) is 2. The van der Waals surface area contributed by atoms with Crippen molar-refractivity contribution in [3.8, 4) is 11.5 Å². The molecule has 1 fully saturated rings. The quantitative estimate of drug-likeness (QED) is 0.832. The zero-order chi connectivity index (χ0) is 18.7. The van der Waals surface area contributed by atoms with Crippen molar-refractivity contribution in [3.63, 3.8) is 0 Å². The second-order valence-electron chi connectivity index (χ2n) is 6.41. The van der Waals surface area contributed by atoms with E-state index in [0.29, 0.717) is 34.4 Å². The Morgan fingerprint density at radius 2 is 1.69 bits per heavy atom. The molecular formula is C20H22N2O4. The van der Waals surface area contributed by atoms with Crippen LogP contribution >= 0.6 is 0 Å². The van der Waals surface area contributed by atoms with Gasteiger partial charge in [-0.15, -0.1) is 0 Å². The van der Waals surface area contributed by atoms with E-state index in [0.717, 1.165) is 6.42 Å². The SMILES string of the molecule is COc1ccc(OC)c(NC(=O)c2ccc(NC(=O)C3CC3C)cc2)c1. The second-order valence-corrected chi connectivity index (χ2v) is 6.41. The Morgan fingerprint density at radius 3 is 2.27 bits per heavy atom. The fraction of sp³-hybridized carbons (Fsp3) is 0.300. The Labute approximate surface area is 152 Å². The van der Waals surface area contributed by atoms with Crippen LogP contribution in [-0.2, 0) is 4.79 Å². The lowest BCUT2D eigenvalue weighted by Crippen LogP contribution is -2.15. The first-order chi connectivity index (χ1) is 12.5. The summed E-state index contributed by atoms with van der Waals surface area (Å²) >= 11 is 0. The van der Waals surface area contributed by atoms with Crippen molar-refractivity contribution in [2.75, 3.05) is 24.9 Å². The molecule has 0 bridgehead atoms. The molecule has 26 heavy (non-hydrogen) atoms. The van der Waals surface area contributed by atoms with E-state index in [2.05, 4.69) is 17.6 Å². The summed E-state index contributed by atoms with van der Waals surface area (Å²) in [6.07, 6.45) is 0.939. The van der Waals surface area contributed by atoms with Gasteiger partial charge in [-0.25, -0.2) is 0 Å². The molecule has 0 aromatic heterocycles. The molecule has 0 aliphatic heterocycles. The third kappa shape index (κ3) is 3.96. The summed E-state index contributed by atoms with van der Waals surface area (Å²) in [6, 6.07) is 12.0. The summed E-state index contributed by atoms with van der Waals surface area (Å²) in [5.74, 6) is 1.49. The lowest BCUT2D eigenvalue weighted by Gasteiger charge is -2.12. The first-order valence-corrected chi connectivity index (χ1v) is 8.46. The van der Waals surface area contributed by atoms with Gasteiger partial charge in [-0.05, 0) is 48.7 Å². The Hall–Kier alpha value is -3.02. The van der Waals surface area contributed by atoms with Crippen molar-refractivity contribution >= 4 is 23.2 Å². The average molecular weight is 354 g/mol. The molecule has 2 N–H and O–H groups in total. The van der Waals surface area contributed by atoms with Crippen molar-refractivity contribution in [3.05, 3.63) is 48.0 Å². The van der Waals surface area contributed by atoms with Gasteiger partial charge < -0.3 is 20.1 Å². The molecule has 0 spiro atoms. The van der Waals surface area contributed by atoms with Crippen molar-refractivity contribution < 1.29 is 19.1 Å². The average Bonchev–Trinajstić information content (AvgIpc) is 3.39. The second kappa shape index (κ2) is 7.47. The highest BCUT2D eigenvalue weighted by molar-refractivity contribution is 6.05. The van der Waals surface area contributed by atoms with Crippen LogP contribution in [0.2, 0.25) is 0 Å². The van der Waals surface area contributed by atoms with Crippen LogP contribution < -0.4 is 20.1 Å². The molecule has 1 aliphatic rings. The van der Waals surface area contributed by atoms with Crippen LogP contribution in [0.5, 0.6) is 11.5 Å². The van der Waals surface area contributed by atoms with Crippen LogP contribution in [0.4, 0.5) is 11.4 Å². The van der Waals surface area contributed by atoms with E-state index in [1.165, 1.54) is 7.11 Å². The van der Waals surface area contributed by atoms with Gasteiger partial charge in [-0.1, -0.05) is 6.92 Å². The zero-order valence-electron chi connectivity index (χ0n) is 15.0. The van der Waals surface area contributed by atoms with Gasteiger partial charge in [0.05, 0.1) is 19.9 Å². The molecule has 2 atom stereocenters. The van der Waals surface area contributed by atoms with E-state index in [4.69, 9.17) is 9.47 Å². The Morgan fingerprint density at radius 1 is 1.00 bits per heavy atom. The maximum absolute atomic E-state index is 12.5. The third-order valence-electron chi connectivity index (χ3n) is 4.52. The van der Waals surface area contributed by atoms with E-state index in [9.17, 15) is 9.59 Å². The molecule has 2 amide bonds. The molecule has 6 nitrogen and oxygen atoms in total. The monoisotopic (exact) mass is 354 g/mol. The fourth-order valence-corrected chi connectivity index (χ4v) is 2.73. The number of carbonyl (C=O) groups excluding carboxylic acids is 2. The van der Waals surface area contributed by atoms with Crippen LogP contribution in [0.15, 0.2) is 42.5 Å². The summed E-state index contributed by atoms with van der Waals surface area (Å²) in [4.78, 5) is 24.4. The highest BCUT2D eigenvalue weighted by Crippen LogP contribution is 2.38. The molecule has 0 heterocycles. The van der Waals surface area contributed by atoms with Crippen LogP contribution in [-0.4, -0.2) is 26.0 Å². The smallest absolute Gasteiger partial charge is 0.255 e. The molecule has 136 valence electrons. The summed E-state index contributed by atoms with van der Waals surface area (Å²) < 4.78 is 10.4. The Kier molecular flexibility index (Phi) is 5.11. The lowest BCUT2D eigenvalue weighted by atomic mass is 10.1. The van der Waals surface area contributed by atoms with E-state index in [-0.39, 0.29) is 17.7 Å². The van der Waals surface area contributed by atoms with Gasteiger partial charge in [-0.3, -0.25) is 9.59 Å². The van der Waals surface area contributed by atoms with Crippen LogP contribution in [0.25, 0.3) is 0 Å². The van der Waals surface area contributed by atoms with E-state index in [1.807, 2.05) is 0 Å². The molecule has 6 heteroatoms.